The Hall–Kier alpha value is -3.09. The van der Waals surface area contributed by atoms with Crippen molar-refractivity contribution in [2.24, 2.45) is 0 Å². The normalized spacial score (nSPS) is 10.4. The number of hydrogen-bond donors (Lipinski definition) is 2. The van der Waals surface area contributed by atoms with Crippen LogP contribution in [0.2, 0.25) is 5.15 Å². The Bertz CT molecular complexity index is 905. The minimum Gasteiger partial charge on any atom is -0.491 e. The highest BCUT2D eigenvalue weighted by Crippen LogP contribution is 2.12. The average molecular weight is 412 g/mol. The summed E-state index contributed by atoms with van der Waals surface area (Å²) in [7, 11) is 0. The molecule has 0 spiro atoms. The van der Waals surface area contributed by atoms with Crippen LogP contribution in [0.4, 0.5) is 10.5 Å². The average Bonchev–Trinajstić information content (AvgIpc) is 2.74. The third kappa shape index (κ3) is 7.44. The summed E-state index contributed by atoms with van der Waals surface area (Å²) in [5.41, 5.74) is 2.52. The predicted molar refractivity (Wildman–Crippen MR) is 113 cm³/mol. The summed E-state index contributed by atoms with van der Waals surface area (Å²) < 4.78 is 11.2. The minimum absolute atomic E-state index is 0.297. The highest BCUT2D eigenvalue weighted by Gasteiger charge is 2.03. The quantitative estimate of drug-likeness (QED) is 0.397. The van der Waals surface area contributed by atoms with Crippen LogP contribution in [0.5, 0.6) is 5.75 Å². The van der Waals surface area contributed by atoms with Gasteiger partial charge in [-0.1, -0.05) is 48.0 Å². The molecule has 0 bridgehead atoms. The van der Waals surface area contributed by atoms with Gasteiger partial charge in [-0.05, 0) is 41.5 Å². The molecular weight excluding hydrogens is 390 g/mol. The number of ether oxygens (including phenoxy) is 2. The van der Waals surface area contributed by atoms with Crippen molar-refractivity contribution < 1.29 is 14.3 Å². The number of pyridine rings is 1. The molecule has 0 radical (unpaired) electrons. The molecule has 6 nitrogen and oxygen atoms in total. The summed E-state index contributed by atoms with van der Waals surface area (Å²) >= 11 is 5.75. The number of carbonyl (C=O) groups is 1. The number of halogens is 1. The summed E-state index contributed by atoms with van der Waals surface area (Å²) in [5, 5.41) is 6.01. The molecule has 0 aliphatic carbocycles. The van der Waals surface area contributed by atoms with E-state index in [-0.39, 0.29) is 6.03 Å². The number of amides is 2. The van der Waals surface area contributed by atoms with Gasteiger partial charge in [0, 0.05) is 18.4 Å². The molecule has 150 valence electrons. The van der Waals surface area contributed by atoms with Crippen LogP contribution in [0, 0.1) is 0 Å². The van der Waals surface area contributed by atoms with Gasteiger partial charge in [0.15, 0.2) is 0 Å². The van der Waals surface area contributed by atoms with Crippen LogP contribution in [-0.4, -0.2) is 24.2 Å². The van der Waals surface area contributed by atoms with Crippen molar-refractivity contribution >= 4 is 23.3 Å². The number of anilines is 1. The first-order valence-electron chi connectivity index (χ1n) is 9.19. The monoisotopic (exact) mass is 411 g/mol. The SMILES string of the molecule is O=C(NCc1ccc(Cl)nc1)Nc1cccc(COCCOc2ccccc2)c1. The van der Waals surface area contributed by atoms with E-state index in [1.165, 1.54) is 0 Å². The highest BCUT2D eigenvalue weighted by atomic mass is 35.5. The van der Waals surface area contributed by atoms with Crippen LogP contribution < -0.4 is 15.4 Å². The molecule has 3 aromatic rings. The third-order valence-electron chi connectivity index (χ3n) is 3.93. The molecular formula is C22H22ClN3O3. The maximum atomic E-state index is 12.1. The first kappa shape index (κ1) is 20.6. The number of carbonyl (C=O) groups excluding carboxylic acids is 1. The van der Waals surface area contributed by atoms with Gasteiger partial charge in [0.05, 0.1) is 13.2 Å². The van der Waals surface area contributed by atoms with Gasteiger partial charge >= 0.3 is 6.03 Å². The first-order chi connectivity index (χ1) is 14.2. The van der Waals surface area contributed by atoms with Gasteiger partial charge in [0.2, 0.25) is 0 Å². The lowest BCUT2D eigenvalue weighted by molar-refractivity contribution is 0.0889. The molecule has 0 aliphatic heterocycles. The van der Waals surface area contributed by atoms with Gasteiger partial charge < -0.3 is 20.1 Å². The Morgan fingerprint density at radius 3 is 2.62 bits per heavy atom. The van der Waals surface area contributed by atoms with Gasteiger partial charge in [-0.3, -0.25) is 0 Å². The Morgan fingerprint density at radius 1 is 0.966 bits per heavy atom. The number of nitrogens with zero attached hydrogens (tertiary/aromatic N) is 1. The van der Waals surface area contributed by atoms with Crippen LogP contribution >= 0.6 is 11.6 Å². The minimum atomic E-state index is -0.297. The second-order valence-electron chi connectivity index (χ2n) is 6.21. The molecule has 1 heterocycles. The molecule has 3 rings (SSSR count). The largest absolute Gasteiger partial charge is 0.491 e. The summed E-state index contributed by atoms with van der Waals surface area (Å²) in [6, 6.07) is 20.3. The van der Waals surface area contributed by atoms with Gasteiger partial charge in [-0.25, -0.2) is 9.78 Å². The van der Waals surface area contributed by atoms with Crippen LogP contribution in [0.3, 0.4) is 0 Å². The van der Waals surface area contributed by atoms with Crippen LogP contribution in [0.15, 0.2) is 72.9 Å². The number of urea groups is 1. The summed E-state index contributed by atoms with van der Waals surface area (Å²) in [4.78, 5) is 16.1. The molecule has 0 saturated heterocycles. The Balaban J connectivity index is 1.38. The van der Waals surface area contributed by atoms with Crippen molar-refractivity contribution in [3.8, 4) is 5.75 Å². The molecule has 0 atom stereocenters. The lowest BCUT2D eigenvalue weighted by Gasteiger charge is -2.10. The van der Waals surface area contributed by atoms with E-state index in [1.54, 1.807) is 12.3 Å². The van der Waals surface area contributed by atoms with Crippen LogP contribution in [-0.2, 0) is 17.9 Å². The molecule has 2 amide bonds. The van der Waals surface area contributed by atoms with Gasteiger partial charge in [-0.2, -0.15) is 0 Å². The highest BCUT2D eigenvalue weighted by molar-refractivity contribution is 6.29. The molecule has 0 aliphatic rings. The lowest BCUT2D eigenvalue weighted by Crippen LogP contribution is -2.28. The summed E-state index contributed by atoms with van der Waals surface area (Å²) in [6.07, 6.45) is 1.63. The van der Waals surface area contributed by atoms with E-state index < -0.39 is 0 Å². The molecule has 2 aromatic carbocycles. The van der Waals surface area contributed by atoms with E-state index in [0.29, 0.717) is 37.2 Å². The fourth-order valence-corrected chi connectivity index (χ4v) is 2.64. The Kier molecular flexibility index (Phi) is 7.86. The zero-order chi connectivity index (χ0) is 20.3. The lowest BCUT2D eigenvalue weighted by atomic mass is 10.2. The zero-order valence-electron chi connectivity index (χ0n) is 15.8. The molecule has 7 heteroatoms. The van der Waals surface area contributed by atoms with Crippen LogP contribution in [0.25, 0.3) is 0 Å². The van der Waals surface area contributed by atoms with Gasteiger partial charge in [-0.15, -0.1) is 0 Å². The van der Waals surface area contributed by atoms with Crippen molar-refractivity contribution in [2.75, 3.05) is 18.5 Å². The standard InChI is InChI=1S/C22H22ClN3O3/c23-21-10-9-18(14-24-21)15-25-22(27)26-19-6-4-5-17(13-19)16-28-11-12-29-20-7-2-1-3-8-20/h1-10,13-14H,11-12,15-16H2,(H2,25,26,27). The predicted octanol–water partition coefficient (Wildman–Crippen LogP) is 4.65. The molecule has 0 fully saturated rings. The smallest absolute Gasteiger partial charge is 0.319 e. The topological polar surface area (TPSA) is 72.5 Å². The number of rotatable bonds is 9. The Morgan fingerprint density at radius 2 is 1.83 bits per heavy atom. The number of benzene rings is 2. The second-order valence-corrected chi connectivity index (χ2v) is 6.60. The van der Waals surface area contributed by atoms with E-state index in [2.05, 4.69) is 15.6 Å². The van der Waals surface area contributed by atoms with Crippen LogP contribution in [0.1, 0.15) is 11.1 Å². The zero-order valence-corrected chi connectivity index (χ0v) is 16.6. The summed E-state index contributed by atoms with van der Waals surface area (Å²) in [6.45, 7) is 1.75. The molecule has 0 saturated carbocycles. The summed E-state index contributed by atoms with van der Waals surface area (Å²) in [5.74, 6) is 0.822. The second kappa shape index (κ2) is 11.0. The number of para-hydroxylation sites is 1. The van der Waals surface area contributed by atoms with Gasteiger partial charge in [0.25, 0.3) is 0 Å². The van der Waals surface area contributed by atoms with Gasteiger partial charge in [0.1, 0.15) is 17.5 Å². The molecule has 29 heavy (non-hydrogen) atoms. The first-order valence-corrected chi connectivity index (χ1v) is 9.57. The maximum absolute atomic E-state index is 12.1. The number of aromatic nitrogens is 1. The van der Waals surface area contributed by atoms with E-state index in [4.69, 9.17) is 21.1 Å². The van der Waals surface area contributed by atoms with Crippen molar-refractivity contribution in [1.82, 2.24) is 10.3 Å². The fourth-order valence-electron chi connectivity index (χ4n) is 2.53. The Labute approximate surface area is 174 Å². The van der Waals surface area contributed by atoms with Crippen molar-refractivity contribution in [2.45, 2.75) is 13.2 Å². The number of hydrogen-bond acceptors (Lipinski definition) is 4. The van der Waals surface area contributed by atoms with E-state index in [0.717, 1.165) is 16.9 Å². The van der Waals surface area contributed by atoms with Crippen molar-refractivity contribution in [3.63, 3.8) is 0 Å². The van der Waals surface area contributed by atoms with Crippen molar-refractivity contribution in [1.29, 1.82) is 0 Å². The fraction of sp³-hybridized carbons (Fsp3) is 0.182. The molecule has 2 N–H and O–H groups in total. The molecule has 1 aromatic heterocycles. The van der Waals surface area contributed by atoms with E-state index in [9.17, 15) is 4.79 Å². The van der Waals surface area contributed by atoms with E-state index in [1.807, 2.05) is 60.7 Å². The third-order valence-corrected chi connectivity index (χ3v) is 4.16. The van der Waals surface area contributed by atoms with E-state index >= 15 is 0 Å². The molecule has 0 unspecified atom stereocenters. The number of nitrogens with one attached hydrogen (secondary N) is 2. The van der Waals surface area contributed by atoms with Crippen molar-refractivity contribution in [3.05, 3.63) is 89.2 Å². The maximum Gasteiger partial charge on any atom is 0.319 e.